The lowest BCUT2D eigenvalue weighted by atomic mass is 10.2. The molecule has 0 saturated heterocycles. The van der Waals surface area contributed by atoms with Crippen LogP contribution < -0.4 is 10.6 Å². The van der Waals surface area contributed by atoms with E-state index in [9.17, 15) is 9.59 Å². The molecule has 0 unspecified atom stereocenters. The Morgan fingerprint density at radius 1 is 1.16 bits per heavy atom. The molecule has 3 rings (SSSR count). The highest BCUT2D eigenvalue weighted by Gasteiger charge is 2.12. The van der Waals surface area contributed by atoms with Crippen molar-refractivity contribution >= 4 is 39.9 Å². The standard InChI is InChI=1S/C17H13ClN4O2S/c18-13-6-2-1-5-12(13)16(24)20-9-15(23)22-17-21-14(10-25-17)11-4-3-7-19-8-11/h1-8,10H,9H2,(H,20,24)(H,21,22,23). The molecular formula is C17H13ClN4O2S. The number of carbonyl (C=O) groups excluding carboxylic acids is 2. The second-order valence-corrected chi connectivity index (χ2v) is 6.26. The van der Waals surface area contributed by atoms with Gasteiger partial charge in [0.1, 0.15) is 0 Å². The Morgan fingerprint density at radius 2 is 2.00 bits per heavy atom. The molecule has 8 heteroatoms. The number of aromatic nitrogens is 2. The van der Waals surface area contributed by atoms with Crippen molar-refractivity contribution in [3.8, 4) is 11.3 Å². The highest BCUT2D eigenvalue weighted by atomic mass is 35.5. The fourth-order valence-electron chi connectivity index (χ4n) is 2.04. The topological polar surface area (TPSA) is 84.0 Å². The molecule has 0 radical (unpaired) electrons. The molecule has 2 N–H and O–H groups in total. The summed E-state index contributed by atoms with van der Waals surface area (Å²) in [5.74, 6) is -0.775. The quantitative estimate of drug-likeness (QED) is 0.720. The average molecular weight is 373 g/mol. The molecule has 126 valence electrons. The Labute approximate surface area is 152 Å². The molecule has 6 nitrogen and oxygen atoms in total. The number of anilines is 1. The summed E-state index contributed by atoms with van der Waals surface area (Å²) < 4.78 is 0. The van der Waals surface area contributed by atoms with Gasteiger partial charge in [0, 0.05) is 23.3 Å². The number of halogens is 1. The summed E-state index contributed by atoms with van der Waals surface area (Å²) in [5.41, 5.74) is 1.92. The number of nitrogens with zero attached hydrogens (tertiary/aromatic N) is 2. The number of hydrogen-bond donors (Lipinski definition) is 2. The molecule has 1 aromatic carbocycles. The van der Waals surface area contributed by atoms with Crippen LogP contribution in [0.3, 0.4) is 0 Å². The number of benzene rings is 1. The Bertz CT molecular complexity index is 898. The van der Waals surface area contributed by atoms with Gasteiger partial charge in [0.2, 0.25) is 5.91 Å². The first-order chi connectivity index (χ1) is 12.1. The van der Waals surface area contributed by atoms with Crippen LogP contribution in [-0.2, 0) is 4.79 Å². The fraction of sp³-hybridized carbons (Fsp3) is 0.0588. The molecule has 3 aromatic rings. The Hall–Kier alpha value is -2.77. The molecule has 2 amide bonds. The van der Waals surface area contributed by atoms with Crippen molar-refractivity contribution in [1.82, 2.24) is 15.3 Å². The van der Waals surface area contributed by atoms with E-state index < -0.39 is 5.91 Å². The van der Waals surface area contributed by atoms with E-state index in [2.05, 4.69) is 20.6 Å². The van der Waals surface area contributed by atoms with Gasteiger partial charge in [0.05, 0.1) is 22.8 Å². The lowest BCUT2D eigenvalue weighted by molar-refractivity contribution is -0.115. The van der Waals surface area contributed by atoms with Crippen molar-refractivity contribution < 1.29 is 9.59 Å². The number of rotatable bonds is 5. The van der Waals surface area contributed by atoms with Crippen LogP contribution in [0.1, 0.15) is 10.4 Å². The molecule has 0 bridgehead atoms. The summed E-state index contributed by atoms with van der Waals surface area (Å²) in [4.78, 5) is 32.4. The van der Waals surface area contributed by atoms with Crippen molar-refractivity contribution in [2.45, 2.75) is 0 Å². The number of hydrogen-bond acceptors (Lipinski definition) is 5. The predicted octanol–water partition coefficient (Wildman–Crippen LogP) is 3.23. The van der Waals surface area contributed by atoms with Gasteiger partial charge in [0.25, 0.3) is 5.91 Å². The van der Waals surface area contributed by atoms with Crippen LogP contribution in [0.4, 0.5) is 5.13 Å². The normalized spacial score (nSPS) is 10.3. The van der Waals surface area contributed by atoms with E-state index in [1.165, 1.54) is 11.3 Å². The largest absolute Gasteiger partial charge is 0.343 e. The molecule has 0 saturated carbocycles. The molecule has 25 heavy (non-hydrogen) atoms. The molecule has 0 fully saturated rings. The zero-order valence-electron chi connectivity index (χ0n) is 12.9. The van der Waals surface area contributed by atoms with Crippen LogP contribution in [0, 0.1) is 0 Å². The minimum Gasteiger partial charge on any atom is -0.343 e. The summed E-state index contributed by atoms with van der Waals surface area (Å²) in [6, 6.07) is 10.3. The molecule has 0 atom stereocenters. The smallest absolute Gasteiger partial charge is 0.253 e. The van der Waals surface area contributed by atoms with Gasteiger partial charge in [-0.2, -0.15) is 0 Å². The number of thiazole rings is 1. The van der Waals surface area contributed by atoms with Crippen molar-refractivity contribution in [2.75, 3.05) is 11.9 Å². The Kier molecular flexibility index (Phi) is 5.37. The minimum absolute atomic E-state index is 0.175. The van der Waals surface area contributed by atoms with Crippen molar-refractivity contribution in [2.24, 2.45) is 0 Å². The highest BCUT2D eigenvalue weighted by molar-refractivity contribution is 7.14. The van der Waals surface area contributed by atoms with Crippen molar-refractivity contribution in [3.63, 3.8) is 0 Å². The van der Waals surface area contributed by atoms with E-state index in [4.69, 9.17) is 11.6 Å². The van der Waals surface area contributed by atoms with Gasteiger partial charge in [-0.1, -0.05) is 23.7 Å². The predicted molar refractivity (Wildman–Crippen MR) is 97.8 cm³/mol. The third kappa shape index (κ3) is 4.40. The minimum atomic E-state index is -0.407. The molecule has 0 spiro atoms. The fourth-order valence-corrected chi connectivity index (χ4v) is 3.00. The van der Waals surface area contributed by atoms with Gasteiger partial charge in [0.15, 0.2) is 5.13 Å². The summed E-state index contributed by atoms with van der Waals surface area (Å²) in [7, 11) is 0. The zero-order valence-corrected chi connectivity index (χ0v) is 14.5. The molecular weight excluding hydrogens is 360 g/mol. The van der Waals surface area contributed by atoms with Gasteiger partial charge in [-0.05, 0) is 24.3 Å². The van der Waals surface area contributed by atoms with E-state index in [0.717, 1.165) is 11.3 Å². The first-order valence-corrected chi connectivity index (χ1v) is 8.58. The third-order valence-corrected chi connectivity index (χ3v) is 4.32. The van der Waals surface area contributed by atoms with E-state index in [1.54, 1.807) is 36.7 Å². The van der Waals surface area contributed by atoms with E-state index in [-0.39, 0.29) is 12.5 Å². The molecule has 2 heterocycles. The van der Waals surface area contributed by atoms with E-state index in [1.807, 2.05) is 17.5 Å². The van der Waals surface area contributed by atoms with Gasteiger partial charge in [-0.3, -0.25) is 14.6 Å². The molecule has 0 aliphatic heterocycles. The van der Waals surface area contributed by atoms with Crippen LogP contribution in [0.25, 0.3) is 11.3 Å². The lowest BCUT2D eigenvalue weighted by Gasteiger charge is -2.06. The highest BCUT2D eigenvalue weighted by Crippen LogP contribution is 2.23. The second kappa shape index (κ2) is 7.87. The Balaban J connectivity index is 1.56. The van der Waals surface area contributed by atoms with E-state index in [0.29, 0.717) is 15.7 Å². The number of amides is 2. The lowest BCUT2D eigenvalue weighted by Crippen LogP contribution is -2.32. The van der Waals surface area contributed by atoms with Gasteiger partial charge in [-0.25, -0.2) is 4.98 Å². The monoisotopic (exact) mass is 372 g/mol. The molecule has 2 aromatic heterocycles. The summed E-state index contributed by atoms with van der Waals surface area (Å²) >= 11 is 7.25. The Morgan fingerprint density at radius 3 is 2.76 bits per heavy atom. The number of carbonyl (C=O) groups is 2. The van der Waals surface area contributed by atoms with Gasteiger partial charge < -0.3 is 10.6 Å². The average Bonchev–Trinajstić information content (AvgIpc) is 3.09. The maximum Gasteiger partial charge on any atom is 0.253 e. The first kappa shape index (κ1) is 17.1. The molecule has 0 aliphatic carbocycles. The zero-order chi connectivity index (χ0) is 17.6. The van der Waals surface area contributed by atoms with Crippen LogP contribution in [0.5, 0.6) is 0 Å². The van der Waals surface area contributed by atoms with Gasteiger partial charge >= 0.3 is 0 Å². The number of pyridine rings is 1. The molecule has 0 aliphatic rings. The second-order valence-electron chi connectivity index (χ2n) is 4.99. The van der Waals surface area contributed by atoms with Crippen LogP contribution in [0.2, 0.25) is 5.02 Å². The maximum absolute atomic E-state index is 12.0. The van der Waals surface area contributed by atoms with E-state index >= 15 is 0 Å². The van der Waals surface area contributed by atoms with Crippen LogP contribution in [0.15, 0.2) is 54.2 Å². The van der Waals surface area contributed by atoms with Gasteiger partial charge in [-0.15, -0.1) is 11.3 Å². The first-order valence-electron chi connectivity index (χ1n) is 7.32. The summed E-state index contributed by atoms with van der Waals surface area (Å²) in [5, 5.41) is 7.80. The van der Waals surface area contributed by atoms with Crippen LogP contribution >= 0.6 is 22.9 Å². The third-order valence-electron chi connectivity index (χ3n) is 3.24. The maximum atomic E-state index is 12.0. The van der Waals surface area contributed by atoms with Crippen LogP contribution in [-0.4, -0.2) is 28.3 Å². The number of nitrogens with one attached hydrogen (secondary N) is 2. The summed E-state index contributed by atoms with van der Waals surface area (Å²) in [6.07, 6.45) is 3.38. The van der Waals surface area contributed by atoms with Crippen molar-refractivity contribution in [3.05, 3.63) is 64.8 Å². The van der Waals surface area contributed by atoms with Crippen molar-refractivity contribution in [1.29, 1.82) is 0 Å². The summed E-state index contributed by atoms with van der Waals surface area (Å²) in [6.45, 7) is -0.175. The SMILES string of the molecule is O=C(CNC(=O)c1ccccc1Cl)Nc1nc(-c2cccnc2)cs1.